The molecule has 0 saturated carbocycles. The van der Waals surface area contributed by atoms with Gasteiger partial charge in [0.05, 0.1) is 5.60 Å². The summed E-state index contributed by atoms with van der Waals surface area (Å²) in [5, 5.41) is 13.4. The molecule has 0 aliphatic heterocycles. The van der Waals surface area contributed by atoms with Gasteiger partial charge >= 0.3 is 0 Å². The number of ether oxygens (including phenoxy) is 1. The van der Waals surface area contributed by atoms with Crippen molar-refractivity contribution in [3.63, 3.8) is 0 Å². The number of nitrogens with one attached hydrogen (secondary N) is 1. The van der Waals surface area contributed by atoms with Crippen LogP contribution in [0.15, 0.2) is 36.9 Å². The van der Waals surface area contributed by atoms with E-state index in [1.165, 1.54) is 0 Å². The van der Waals surface area contributed by atoms with Crippen molar-refractivity contribution >= 4 is 0 Å². The lowest BCUT2D eigenvalue weighted by Gasteiger charge is -2.27. The maximum Gasteiger partial charge on any atom is 0.119 e. The van der Waals surface area contributed by atoms with Crippen LogP contribution in [-0.2, 0) is 6.54 Å². The second-order valence-electron chi connectivity index (χ2n) is 5.58. The van der Waals surface area contributed by atoms with Crippen molar-refractivity contribution in [1.82, 2.24) is 10.2 Å². The number of hydrogen-bond donors (Lipinski definition) is 2. The molecule has 0 saturated heterocycles. The van der Waals surface area contributed by atoms with E-state index < -0.39 is 5.60 Å². The van der Waals surface area contributed by atoms with Crippen LogP contribution in [0, 0.1) is 0 Å². The average Bonchev–Trinajstić information content (AvgIpc) is 2.36. The van der Waals surface area contributed by atoms with E-state index in [1.54, 1.807) is 6.08 Å². The maximum absolute atomic E-state index is 10.2. The van der Waals surface area contributed by atoms with Crippen LogP contribution in [-0.4, -0.2) is 49.4 Å². The van der Waals surface area contributed by atoms with E-state index in [0.29, 0.717) is 19.7 Å². The minimum absolute atomic E-state index is 0.519. The molecule has 1 aromatic carbocycles. The first-order chi connectivity index (χ1) is 9.43. The molecule has 112 valence electrons. The second kappa shape index (κ2) is 8.04. The summed E-state index contributed by atoms with van der Waals surface area (Å²) in [5.74, 6) is 0.841. The van der Waals surface area contributed by atoms with E-state index in [2.05, 4.69) is 11.9 Å². The van der Waals surface area contributed by atoms with Gasteiger partial charge in [-0.25, -0.2) is 0 Å². The van der Waals surface area contributed by atoms with Crippen molar-refractivity contribution in [2.45, 2.75) is 19.1 Å². The average molecular weight is 278 g/mol. The fourth-order valence-corrected chi connectivity index (χ4v) is 2.07. The Morgan fingerprint density at radius 3 is 2.55 bits per heavy atom. The summed E-state index contributed by atoms with van der Waals surface area (Å²) < 4.78 is 5.43. The molecule has 1 aromatic rings. The topological polar surface area (TPSA) is 44.7 Å². The van der Waals surface area contributed by atoms with Gasteiger partial charge in [-0.1, -0.05) is 24.8 Å². The van der Waals surface area contributed by atoms with Crippen molar-refractivity contribution in [2.75, 3.05) is 33.8 Å². The SMILES string of the molecule is C=CCOc1ccc(CNCC(C)(O)CN(C)C)cc1. The third-order valence-electron chi connectivity index (χ3n) is 2.78. The van der Waals surface area contributed by atoms with Crippen molar-refractivity contribution in [2.24, 2.45) is 0 Å². The van der Waals surface area contributed by atoms with Gasteiger partial charge in [0.25, 0.3) is 0 Å². The summed E-state index contributed by atoms with van der Waals surface area (Å²) in [6.07, 6.45) is 1.72. The Kier molecular flexibility index (Phi) is 6.71. The van der Waals surface area contributed by atoms with Crippen molar-refractivity contribution in [3.05, 3.63) is 42.5 Å². The minimum Gasteiger partial charge on any atom is -0.490 e. The zero-order chi connectivity index (χ0) is 15.0. The van der Waals surface area contributed by atoms with Crippen LogP contribution < -0.4 is 10.1 Å². The molecule has 0 aliphatic rings. The Morgan fingerprint density at radius 2 is 2.00 bits per heavy atom. The Labute approximate surface area is 122 Å². The van der Waals surface area contributed by atoms with Crippen LogP contribution in [0.3, 0.4) is 0 Å². The van der Waals surface area contributed by atoms with Crippen molar-refractivity contribution in [3.8, 4) is 5.75 Å². The Hall–Kier alpha value is -1.36. The predicted octanol–water partition coefficient (Wildman–Crippen LogP) is 1.65. The van der Waals surface area contributed by atoms with Gasteiger partial charge in [-0.2, -0.15) is 0 Å². The molecule has 0 heterocycles. The van der Waals surface area contributed by atoms with E-state index in [4.69, 9.17) is 4.74 Å². The number of hydrogen-bond acceptors (Lipinski definition) is 4. The molecule has 0 bridgehead atoms. The number of benzene rings is 1. The lowest BCUT2D eigenvalue weighted by molar-refractivity contribution is 0.0336. The van der Waals surface area contributed by atoms with Crippen LogP contribution in [0.2, 0.25) is 0 Å². The molecular formula is C16H26N2O2. The molecule has 20 heavy (non-hydrogen) atoms. The third kappa shape index (κ3) is 6.70. The summed E-state index contributed by atoms with van der Waals surface area (Å²) >= 11 is 0. The van der Waals surface area contributed by atoms with Crippen LogP contribution in [0.25, 0.3) is 0 Å². The lowest BCUT2D eigenvalue weighted by Crippen LogP contribution is -2.45. The Bertz CT molecular complexity index is 399. The van der Waals surface area contributed by atoms with Crippen LogP contribution in [0.4, 0.5) is 0 Å². The van der Waals surface area contributed by atoms with E-state index in [0.717, 1.165) is 17.9 Å². The summed E-state index contributed by atoms with van der Waals surface area (Å²) in [4.78, 5) is 1.98. The number of aliphatic hydroxyl groups is 1. The van der Waals surface area contributed by atoms with Crippen LogP contribution in [0.1, 0.15) is 12.5 Å². The highest BCUT2D eigenvalue weighted by Crippen LogP contribution is 2.12. The molecule has 0 fully saturated rings. The first kappa shape index (κ1) is 16.7. The molecule has 0 radical (unpaired) electrons. The monoisotopic (exact) mass is 278 g/mol. The van der Waals surface area contributed by atoms with Crippen molar-refractivity contribution < 1.29 is 9.84 Å². The second-order valence-corrected chi connectivity index (χ2v) is 5.58. The van der Waals surface area contributed by atoms with Gasteiger partial charge in [0.15, 0.2) is 0 Å². The maximum atomic E-state index is 10.2. The lowest BCUT2D eigenvalue weighted by atomic mass is 10.1. The van der Waals surface area contributed by atoms with Gasteiger partial charge in [-0.15, -0.1) is 0 Å². The van der Waals surface area contributed by atoms with Gasteiger partial charge < -0.3 is 20.1 Å². The van der Waals surface area contributed by atoms with E-state index in [9.17, 15) is 5.11 Å². The number of likely N-dealkylation sites (N-methyl/N-ethyl adjacent to an activating group) is 1. The molecule has 4 heteroatoms. The zero-order valence-corrected chi connectivity index (χ0v) is 12.7. The summed E-state index contributed by atoms with van der Waals surface area (Å²) in [6.45, 7) is 7.89. The quantitative estimate of drug-likeness (QED) is 0.674. The van der Waals surface area contributed by atoms with Crippen molar-refractivity contribution in [1.29, 1.82) is 0 Å². The van der Waals surface area contributed by atoms with Gasteiger partial charge in [-0.05, 0) is 38.7 Å². The van der Waals surface area contributed by atoms with E-state index in [1.807, 2.05) is 50.2 Å². The fourth-order valence-electron chi connectivity index (χ4n) is 2.07. The van der Waals surface area contributed by atoms with Crippen LogP contribution in [0.5, 0.6) is 5.75 Å². The molecular weight excluding hydrogens is 252 g/mol. The summed E-state index contributed by atoms with van der Waals surface area (Å²) in [7, 11) is 3.91. The molecule has 0 aromatic heterocycles. The number of rotatable bonds is 9. The fraction of sp³-hybridized carbons (Fsp3) is 0.500. The highest BCUT2D eigenvalue weighted by atomic mass is 16.5. The summed E-state index contributed by atoms with van der Waals surface area (Å²) in [5.41, 5.74) is 0.438. The Morgan fingerprint density at radius 1 is 1.35 bits per heavy atom. The van der Waals surface area contributed by atoms with E-state index >= 15 is 0 Å². The first-order valence-corrected chi connectivity index (χ1v) is 6.83. The normalized spacial score (nSPS) is 14.1. The van der Waals surface area contributed by atoms with Gasteiger partial charge in [0.1, 0.15) is 12.4 Å². The molecule has 4 nitrogen and oxygen atoms in total. The molecule has 1 rings (SSSR count). The number of nitrogens with zero attached hydrogens (tertiary/aromatic N) is 1. The molecule has 0 spiro atoms. The molecule has 2 N–H and O–H groups in total. The molecule has 1 atom stereocenters. The standard InChI is InChI=1S/C16H26N2O2/c1-5-10-20-15-8-6-14(7-9-15)11-17-12-16(2,19)13-18(3)4/h5-9,17,19H,1,10-13H2,2-4H3. The highest BCUT2D eigenvalue weighted by Gasteiger charge is 2.20. The predicted molar refractivity (Wildman–Crippen MR) is 83.0 cm³/mol. The first-order valence-electron chi connectivity index (χ1n) is 6.83. The van der Waals surface area contributed by atoms with E-state index in [-0.39, 0.29) is 0 Å². The molecule has 1 unspecified atom stereocenters. The van der Waals surface area contributed by atoms with Crippen LogP contribution >= 0.6 is 0 Å². The third-order valence-corrected chi connectivity index (χ3v) is 2.78. The highest BCUT2D eigenvalue weighted by molar-refractivity contribution is 5.27. The van der Waals surface area contributed by atoms with Gasteiger partial charge in [0, 0.05) is 19.6 Å². The minimum atomic E-state index is -0.726. The smallest absolute Gasteiger partial charge is 0.119 e. The van der Waals surface area contributed by atoms with Gasteiger partial charge in [-0.3, -0.25) is 0 Å². The zero-order valence-electron chi connectivity index (χ0n) is 12.7. The molecule has 0 aliphatic carbocycles. The largest absolute Gasteiger partial charge is 0.490 e. The summed E-state index contributed by atoms with van der Waals surface area (Å²) in [6, 6.07) is 7.93. The Balaban J connectivity index is 2.36. The molecule has 0 amide bonds. The van der Waals surface area contributed by atoms with Gasteiger partial charge in [0.2, 0.25) is 0 Å².